The van der Waals surface area contributed by atoms with Crippen molar-refractivity contribution in [2.45, 2.75) is 20.3 Å². The van der Waals surface area contributed by atoms with E-state index in [-0.39, 0.29) is 0 Å². The second-order valence-electron chi connectivity index (χ2n) is 4.03. The van der Waals surface area contributed by atoms with Gasteiger partial charge in [0, 0.05) is 24.5 Å². The van der Waals surface area contributed by atoms with E-state index >= 15 is 0 Å². The lowest BCUT2D eigenvalue weighted by atomic mass is 10.2. The van der Waals surface area contributed by atoms with Crippen molar-refractivity contribution in [3.05, 3.63) is 30.7 Å². The molecule has 0 radical (unpaired) electrons. The Bertz CT molecular complexity index is 530. The predicted molar refractivity (Wildman–Crippen MR) is 75.2 cm³/mol. The molecule has 19 heavy (non-hydrogen) atoms. The first-order valence-corrected chi connectivity index (χ1v) is 6.48. The molecule has 2 heterocycles. The van der Waals surface area contributed by atoms with Gasteiger partial charge in [-0.05, 0) is 25.5 Å². The average molecular weight is 258 g/mol. The minimum atomic E-state index is 0.623. The van der Waals surface area contributed by atoms with Gasteiger partial charge in [0.05, 0.1) is 18.5 Å². The number of pyridine rings is 1. The normalized spacial score (nSPS) is 10.2. The average Bonchev–Trinajstić information content (AvgIpc) is 2.46. The molecule has 0 aliphatic carbocycles. The van der Waals surface area contributed by atoms with Crippen LogP contribution in [0.4, 0.5) is 5.95 Å². The maximum Gasteiger partial charge on any atom is 0.223 e. The molecule has 0 spiro atoms. The molecule has 0 bridgehead atoms. The molecule has 2 aromatic heterocycles. The van der Waals surface area contributed by atoms with Gasteiger partial charge in [0.2, 0.25) is 5.95 Å². The third-order valence-electron chi connectivity index (χ3n) is 2.51. The van der Waals surface area contributed by atoms with Gasteiger partial charge in [-0.2, -0.15) is 0 Å². The molecule has 0 atom stereocenters. The second-order valence-corrected chi connectivity index (χ2v) is 4.03. The highest BCUT2D eigenvalue weighted by Gasteiger charge is 2.04. The molecule has 0 aliphatic heterocycles. The molecular formula is C14H18N4O. The summed E-state index contributed by atoms with van der Waals surface area (Å²) in [6.45, 7) is 5.54. The first kappa shape index (κ1) is 13.3. The van der Waals surface area contributed by atoms with Crippen LogP contribution in [0, 0.1) is 0 Å². The lowest BCUT2D eigenvalue weighted by Crippen LogP contribution is -2.04. The second kappa shape index (κ2) is 6.68. The number of ether oxygens (including phenoxy) is 1. The summed E-state index contributed by atoms with van der Waals surface area (Å²) >= 11 is 0. The van der Waals surface area contributed by atoms with E-state index in [9.17, 15) is 0 Å². The Morgan fingerprint density at radius 2 is 2.16 bits per heavy atom. The lowest BCUT2D eigenvalue weighted by molar-refractivity contribution is 0.339. The topological polar surface area (TPSA) is 59.9 Å². The molecule has 2 rings (SSSR count). The third kappa shape index (κ3) is 3.64. The van der Waals surface area contributed by atoms with E-state index < -0.39 is 0 Å². The zero-order valence-electron chi connectivity index (χ0n) is 11.3. The Morgan fingerprint density at radius 1 is 1.26 bits per heavy atom. The van der Waals surface area contributed by atoms with Crippen LogP contribution in [0.2, 0.25) is 0 Å². The van der Waals surface area contributed by atoms with Crippen LogP contribution in [0.1, 0.15) is 20.3 Å². The molecule has 0 saturated carbocycles. The summed E-state index contributed by atoms with van der Waals surface area (Å²) in [5.41, 5.74) is 1.76. The number of rotatable bonds is 6. The van der Waals surface area contributed by atoms with E-state index in [0.717, 1.165) is 30.0 Å². The van der Waals surface area contributed by atoms with Crippen LogP contribution in [0.3, 0.4) is 0 Å². The maximum atomic E-state index is 5.44. The Morgan fingerprint density at radius 3 is 2.95 bits per heavy atom. The molecule has 0 fully saturated rings. The van der Waals surface area contributed by atoms with Crippen molar-refractivity contribution in [1.29, 1.82) is 0 Å². The van der Waals surface area contributed by atoms with Gasteiger partial charge in [0.25, 0.3) is 0 Å². The summed E-state index contributed by atoms with van der Waals surface area (Å²) in [6, 6.07) is 3.80. The summed E-state index contributed by atoms with van der Waals surface area (Å²) < 4.78 is 5.44. The van der Waals surface area contributed by atoms with Gasteiger partial charge in [0.15, 0.2) is 0 Å². The fraction of sp³-hybridized carbons (Fsp3) is 0.357. The first-order chi connectivity index (χ1) is 9.33. The monoisotopic (exact) mass is 258 g/mol. The SMILES string of the molecule is CCCNc1nccc(-c2cncc(OCC)c2)n1. The third-order valence-corrected chi connectivity index (χ3v) is 2.51. The molecule has 0 aromatic carbocycles. The van der Waals surface area contributed by atoms with Crippen molar-refractivity contribution in [2.24, 2.45) is 0 Å². The van der Waals surface area contributed by atoms with Crippen LogP contribution in [0.25, 0.3) is 11.3 Å². The van der Waals surface area contributed by atoms with Crippen LogP contribution in [-0.2, 0) is 0 Å². The molecule has 1 N–H and O–H groups in total. The van der Waals surface area contributed by atoms with E-state index in [1.54, 1.807) is 18.6 Å². The van der Waals surface area contributed by atoms with Gasteiger partial charge >= 0.3 is 0 Å². The number of aromatic nitrogens is 3. The summed E-state index contributed by atoms with van der Waals surface area (Å²) in [7, 11) is 0. The highest BCUT2D eigenvalue weighted by atomic mass is 16.5. The molecule has 5 heteroatoms. The van der Waals surface area contributed by atoms with Crippen molar-refractivity contribution >= 4 is 5.95 Å². The summed E-state index contributed by atoms with van der Waals surface area (Å²) in [6.07, 6.45) is 6.25. The van der Waals surface area contributed by atoms with Gasteiger partial charge in [-0.1, -0.05) is 6.92 Å². The lowest BCUT2D eigenvalue weighted by Gasteiger charge is -2.07. The fourth-order valence-electron chi connectivity index (χ4n) is 1.65. The van der Waals surface area contributed by atoms with E-state index in [0.29, 0.717) is 12.6 Å². The van der Waals surface area contributed by atoms with Crippen LogP contribution < -0.4 is 10.1 Å². The zero-order valence-corrected chi connectivity index (χ0v) is 11.3. The summed E-state index contributed by atoms with van der Waals surface area (Å²) in [5.74, 6) is 1.39. The largest absolute Gasteiger partial charge is 0.492 e. The Balaban J connectivity index is 2.23. The molecular weight excluding hydrogens is 240 g/mol. The highest BCUT2D eigenvalue weighted by Crippen LogP contribution is 2.21. The van der Waals surface area contributed by atoms with Crippen molar-refractivity contribution in [3.8, 4) is 17.0 Å². The van der Waals surface area contributed by atoms with Crippen molar-refractivity contribution in [2.75, 3.05) is 18.5 Å². The van der Waals surface area contributed by atoms with E-state index in [2.05, 4.69) is 27.2 Å². The molecule has 0 amide bonds. The molecule has 100 valence electrons. The zero-order chi connectivity index (χ0) is 13.5. The summed E-state index contributed by atoms with van der Waals surface area (Å²) in [4.78, 5) is 12.8. The van der Waals surface area contributed by atoms with Crippen LogP contribution in [-0.4, -0.2) is 28.1 Å². The van der Waals surface area contributed by atoms with Gasteiger partial charge in [-0.3, -0.25) is 4.98 Å². The predicted octanol–water partition coefficient (Wildman–Crippen LogP) is 2.76. The summed E-state index contributed by atoms with van der Waals surface area (Å²) in [5, 5.41) is 3.17. The van der Waals surface area contributed by atoms with Gasteiger partial charge in [-0.25, -0.2) is 9.97 Å². The molecule has 2 aromatic rings. The molecule has 0 aliphatic rings. The van der Waals surface area contributed by atoms with Crippen molar-refractivity contribution in [3.63, 3.8) is 0 Å². The smallest absolute Gasteiger partial charge is 0.223 e. The fourth-order valence-corrected chi connectivity index (χ4v) is 1.65. The number of anilines is 1. The van der Waals surface area contributed by atoms with Crippen LogP contribution in [0.5, 0.6) is 5.75 Å². The minimum absolute atomic E-state index is 0.623. The standard InChI is InChI=1S/C14H18N4O/c1-3-6-16-14-17-7-5-13(18-14)11-8-12(19-4-2)10-15-9-11/h5,7-10H,3-4,6H2,1-2H3,(H,16,17,18). The van der Waals surface area contributed by atoms with E-state index in [4.69, 9.17) is 4.74 Å². The van der Waals surface area contributed by atoms with Crippen molar-refractivity contribution < 1.29 is 4.74 Å². The van der Waals surface area contributed by atoms with Crippen molar-refractivity contribution in [1.82, 2.24) is 15.0 Å². The Kier molecular flexibility index (Phi) is 4.66. The number of hydrogen-bond acceptors (Lipinski definition) is 5. The number of nitrogens with one attached hydrogen (secondary N) is 1. The Labute approximate surface area is 113 Å². The number of nitrogens with zero attached hydrogens (tertiary/aromatic N) is 3. The first-order valence-electron chi connectivity index (χ1n) is 6.48. The van der Waals surface area contributed by atoms with E-state index in [1.807, 2.05) is 19.1 Å². The van der Waals surface area contributed by atoms with Gasteiger partial charge in [0.1, 0.15) is 5.75 Å². The molecule has 0 saturated heterocycles. The Hall–Kier alpha value is -2.17. The van der Waals surface area contributed by atoms with Gasteiger partial charge in [-0.15, -0.1) is 0 Å². The van der Waals surface area contributed by atoms with Crippen LogP contribution >= 0.6 is 0 Å². The number of hydrogen-bond donors (Lipinski definition) is 1. The van der Waals surface area contributed by atoms with E-state index in [1.165, 1.54) is 0 Å². The molecule has 0 unspecified atom stereocenters. The maximum absolute atomic E-state index is 5.44. The molecule has 5 nitrogen and oxygen atoms in total. The minimum Gasteiger partial charge on any atom is -0.492 e. The van der Waals surface area contributed by atoms with Gasteiger partial charge < -0.3 is 10.1 Å². The quantitative estimate of drug-likeness (QED) is 0.863. The highest BCUT2D eigenvalue weighted by molar-refractivity contribution is 5.60. The van der Waals surface area contributed by atoms with Crippen LogP contribution in [0.15, 0.2) is 30.7 Å².